The smallest absolute Gasteiger partial charge is 0.248 e. The lowest BCUT2D eigenvalue weighted by Gasteiger charge is -2.06. The van der Waals surface area contributed by atoms with Gasteiger partial charge in [-0.2, -0.15) is 4.80 Å². The molecule has 0 saturated carbocycles. The third-order valence-corrected chi connectivity index (χ3v) is 3.85. The van der Waals surface area contributed by atoms with Gasteiger partial charge in [-0.05, 0) is 53.8 Å². The van der Waals surface area contributed by atoms with E-state index >= 15 is 0 Å². The van der Waals surface area contributed by atoms with Gasteiger partial charge in [-0.1, -0.05) is 12.1 Å². The normalized spacial score (nSPS) is 10.6. The number of tetrazole rings is 1. The minimum atomic E-state index is -0.180. The Labute approximate surface area is 131 Å². The summed E-state index contributed by atoms with van der Waals surface area (Å²) in [5, 5.41) is 16.9. The molecule has 6 nitrogen and oxygen atoms in total. The van der Waals surface area contributed by atoms with Gasteiger partial charge in [0.05, 0.1) is 4.88 Å². The number of aryl methyl sites for hydroxylation is 2. The molecule has 0 atom stereocenters. The fourth-order valence-electron chi connectivity index (χ4n) is 2.19. The Balaban J connectivity index is 1.67. The molecule has 112 valence electrons. The predicted octanol–water partition coefficient (Wildman–Crippen LogP) is 2.66. The van der Waals surface area contributed by atoms with Gasteiger partial charge in [0.2, 0.25) is 11.7 Å². The van der Waals surface area contributed by atoms with Crippen molar-refractivity contribution < 1.29 is 4.79 Å². The number of nitrogens with zero attached hydrogens (tertiary/aromatic N) is 4. The third-order valence-electron chi connectivity index (χ3n) is 2.98. The van der Waals surface area contributed by atoms with Gasteiger partial charge in [-0.15, -0.1) is 21.5 Å². The molecular weight excluding hydrogens is 298 g/mol. The van der Waals surface area contributed by atoms with E-state index in [1.54, 1.807) is 0 Å². The maximum Gasteiger partial charge on any atom is 0.248 e. The van der Waals surface area contributed by atoms with E-state index in [0.717, 1.165) is 21.7 Å². The SMILES string of the molecule is Cc1cc(C)cc(NC(=O)Cn2nnc(-c3cccs3)n2)c1. The molecule has 0 spiro atoms. The predicted molar refractivity (Wildman–Crippen MR) is 85.7 cm³/mol. The Morgan fingerprint density at radius 3 is 2.73 bits per heavy atom. The standard InChI is InChI=1S/C15H15N5OS/c1-10-6-11(2)8-12(7-10)16-14(21)9-20-18-15(17-19-20)13-4-3-5-22-13/h3-8H,9H2,1-2H3,(H,16,21). The molecule has 1 aromatic carbocycles. The lowest BCUT2D eigenvalue weighted by molar-refractivity contribution is -0.117. The first-order valence-electron chi connectivity index (χ1n) is 6.80. The van der Waals surface area contributed by atoms with Crippen LogP contribution >= 0.6 is 11.3 Å². The molecule has 22 heavy (non-hydrogen) atoms. The van der Waals surface area contributed by atoms with Crippen LogP contribution in [0.2, 0.25) is 0 Å². The van der Waals surface area contributed by atoms with Gasteiger partial charge < -0.3 is 5.32 Å². The van der Waals surface area contributed by atoms with Crippen molar-refractivity contribution in [3.8, 4) is 10.7 Å². The molecule has 0 saturated heterocycles. The summed E-state index contributed by atoms with van der Waals surface area (Å²) in [5.74, 6) is 0.356. The molecule has 0 aliphatic heterocycles. The van der Waals surface area contributed by atoms with Crippen molar-refractivity contribution in [2.75, 3.05) is 5.32 Å². The summed E-state index contributed by atoms with van der Waals surface area (Å²) >= 11 is 1.54. The summed E-state index contributed by atoms with van der Waals surface area (Å²) in [6.07, 6.45) is 0. The molecule has 1 amide bonds. The van der Waals surface area contributed by atoms with Crippen LogP contribution in [0.15, 0.2) is 35.7 Å². The maximum absolute atomic E-state index is 12.1. The fourth-order valence-corrected chi connectivity index (χ4v) is 2.84. The van der Waals surface area contributed by atoms with Crippen LogP contribution in [0, 0.1) is 13.8 Å². The number of thiophene rings is 1. The summed E-state index contributed by atoms with van der Waals surface area (Å²) in [4.78, 5) is 14.3. The van der Waals surface area contributed by atoms with Crippen LogP contribution in [-0.2, 0) is 11.3 Å². The summed E-state index contributed by atoms with van der Waals surface area (Å²) in [5.41, 5.74) is 2.99. The second kappa shape index (κ2) is 6.07. The summed E-state index contributed by atoms with van der Waals surface area (Å²) in [7, 11) is 0. The van der Waals surface area contributed by atoms with Crippen molar-refractivity contribution in [3.63, 3.8) is 0 Å². The van der Waals surface area contributed by atoms with Crippen molar-refractivity contribution in [2.45, 2.75) is 20.4 Å². The Morgan fingerprint density at radius 2 is 2.05 bits per heavy atom. The van der Waals surface area contributed by atoms with Crippen molar-refractivity contribution >= 4 is 22.9 Å². The maximum atomic E-state index is 12.1. The van der Waals surface area contributed by atoms with E-state index in [9.17, 15) is 4.79 Å². The Morgan fingerprint density at radius 1 is 1.27 bits per heavy atom. The summed E-state index contributed by atoms with van der Waals surface area (Å²) in [6.45, 7) is 4.02. The number of hydrogen-bond acceptors (Lipinski definition) is 5. The van der Waals surface area contributed by atoms with Gasteiger partial charge in [0.25, 0.3) is 0 Å². The van der Waals surface area contributed by atoms with Gasteiger partial charge >= 0.3 is 0 Å². The number of nitrogens with one attached hydrogen (secondary N) is 1. The number of anilines is 1. The van der Waals surface area contributed by atoms with E-state index in [1.807, 2.05) is 43.5 Å². The third kappa shape index (κ3) is 3.37. The molecule has 3 aromatic rings. The number of carbonyl (C=O) groups excluding carboxylic acids is 1. The van der Waals surface area contributed by atoms with Crippen LogP contribution in [0.3, 0.4) is 0 Å². The summed E-state index contributed by atoms with van der Waals surface area (Å²) in [6, 6.07) is 9.75. The topological polar surface area (TPSA) is 72.7 Å². The second-order valence-corrected chi connectivity index (χ2v) is 5.99. The van der Waals surface area contributed by atoms with Crippen LogP contribution in [0.25, 0.3) is 10.7 Å². The van der Waals surface area contributed by atoms with Crippen molar-refractivity contribution in [1.29, 1.82) is 0 Å². The first kappa shape index (κ1) is 14.4. The summed E-state index contributed by atoms with van der Waals surface area (Å²) < 4.78 is 0. The highest BCUT2D eigenvalue weighted by Crippen LogP contribution is 2.19. The van der Waals surface area contributed by atoms with Crippen LogP contribution in [0.1, 0.15) is 11.1 Å². The van der Waals surface area contributed by atoms with Crippen LogP contribution in [-0.4, -0.2) is 26.1 Å². The zero-order valence-corrected chi connectivity index (χ0v) is 13.1. The molecule has 0 aliphatic carbocycles. The Bertz CT molecular complexity index is 774. The number of amides is 1. The van der Waals surface area contributed by atoms with Crippen molar-refractivity contribution in [1.82, 2.24) is 20.2 Å². The highest BCUT2D eigenvalue weighted by molar-refractivity contribution is 7.13. The van der Waals surface area contributed by atoms with Crippen LogP contribution in [0.4, 0.5) is 5.69 Å². The molecule has 1 N–H and O–H groups in total. The van der Waals surface area contributed by atoms with Gasteiger partial charge in [0, 0.05) is 5.69 Å². The van der Waals surface area contributed by atoms with Gasteiger partial charge in [-0.3, -0.25) is 4.79 Å². The zero-order valence-electron chi connectivity index (χ0n) is 12.3. The molecule has 0 fully saturated rings. The van der Waals surface area contributed by atoms with Gasteiger partial charge in [-0.25, -0.2) is 0 Å². The molecule has 0 bridgehead atoms. The van der Waals surface area contributed by atoms with Crippen LogP contribution < -0.4 is 5.32 Å². The first-order chi connectivity index (χ1) is 10.6. The highest BCUT2D eigenvalue weighted by Gasteiger charge is 2.10. The van der Waals surface area contributed by atoms with E-state index in [-0.39, 0.29) is 12.5 Å². The molecule has 0 aliphatic rings. The van der Waals surface area contributed by atoms with Crippen LogP contribution in [0.5, 0.6) is 0 Å². The lowest BCUT2D eigenvalue weighted by Crippen LogP contribution is -2.20. The number of benzene rings is 1. The van der Waals surface area contributed by atoms with Gasteiger partial charge in [0.1, 0.15) is 6.54 Å². The number of carbonyl (C=O) groups is 1. The molecule has 0 unspecified atom stereocenters. The van der Waals surface area contributed by atoms with Crippen molar-refractivity contribution in [3.05, 3.63) is 46.8 Å². The van der Waals surface area contributed by atoms with Crippen molar-refractivity contribution in [2.24, 2.45) is 0 Å². The molecule has 2 aromatic heterocycles. The minimum Gasteiger partial charge on any atom is -0.324 e. The second-order valence-electron chi connectivity index (χ2n) is 5.05. The first-order valence-corrected chi connectivity index (χ1v) is 7.68. The molecule has 2 heterocycles. The van der Waals surface area contributed by atoms with E-state index in [0.29, 0.717) is 5.82 Å². The van der Waals surface area contributed by atoms with E-state index < -0.39 is 0 Å². The molecule has 3 rings (SSSR count). The largest absolute Gasteiger partial charge is 0.324 e. The monoisotopic (exact) mass is 313 g/mol. The molecule has 7 heteroatoms. The fraction of sp³-hybridized carbons (Fsp3) is 0.200. The minimum absolute atomic E-state index is 0.0331. The Kier molecular flexibility index (Phi) is 3.97. The average Bonchev–Trinajstić information content (AvgIpc) is 3.07. The zero-order chi connectivity index (χ0) is 15.5. The molecular formula is C15H15N5OS. The lowest BCUT2D eigenvalue weighted by atomic mass is 10.1. The quantitative estimate of drug-likeness (QED) is 0.803. The number of aromatic nitrogens is 4. The van der Waals surface area contributed by atoms with Gasteiger partial charge in [0.15, 0.2) is 0 Å². The van der Waals surface area contributed by atoms with E-state index in [2.05, 4.69) is 26.8 Å². The van der Waals surface area contributed by atoms with E-state index in [1.165, 1.54) is 16.1 Å². The Hall–Kier alpha value is -2.54. The van der Waals surface area contributed by atoms with E-state index in [4.69, 9.17) is 0 Å². The molecule has 0 radical (unpaired) electrons. The average molecular weight is 313 g/mol. The number of hydrogen-bond donors (Lipinski definition) is 1. The number of rotatable bonds is 4. The highest BCUT2D eigenvalue weighted by atomic mass is 32.1.